The molecule has 0 spiro atoms. The number of imidazole rings is 1. The van der Waals surface area contributed by atoms with Crippen LogP contribution in [0.5, 0.6) is 0 Å². The van der Waals surface area contributed by atoms with Crippen molar-refractivity contribution in [1.29, 1.82) is 0 Å². The number of hydrogen-bond donors (Lipinski definition) is 1. The molecule has 0 aliphatic rings. The van der Waals surface area contributed by atoms with Gasteiger partial charge in [0.1, 0.15) is 12.4 Å². The molecule has 1 rings (SSSR count). The number of rotatable bonds is 3. The Balaban J connectivity index is 2.59. The van der Waals surface area contributed by atoms with Gasteiger partial charge in [0, 0.05) is 19.0 Å². The van der Waals surface area contributed by atoms with Gasteiger partial charge in [0.15, 0.2) is 0 Å². The van der Waals surface area contributed by atoms with Gasteiger partial charge in [-0.2, -0.15) is 0 Å². The van der Waals surface area contributed by atoms with E-state index >= 15 is 0 Å². The highest BCUT2D eigenvalue weighted by atomic mass is 16.5. The Labute approximate surface area is 60.4 Å². The fraction of sp³-hybridized carbons (Fsp3) is 0.571. The van der Waals surface area contributed by atoms with Gasteiger partial charge in [-0.25, -0.2) is 4.98 Å². The Bertz CT molecular complexity index is 195. The summed E-state index contributed by atoms with van der Waals surface area (Å²) in [6, 6.07) is 0. The number of nitrogens with zero attached hydrogens (tertiary/aromatic N) is 1. The van der Waals surface area contributed by atoms with Crippen LogP contribution < -0.4 is 0 Å². The average molecular weight is 140 g/mol. The van der Waals surface area contributed by atoms with Crippen molar-refractivity contribution >= 4 is 0 Å². The number of aromatic nitrogens is 2. The van der Waals surface area contributed by atoms with Gasteiger partial charge in [-0.15, -0.1) is 0 Å². The number of ether oxygens (including phenoxy) is 1. The van der Waals surface area contributed by atoms with E-state index in [2.05, 4.69) is 16.9 Å². The molecule has 0 radical (unpaired) electrons. The van der Waals surface area contributed by atoms with Crippen LogP contribution in [-0.4, -0.2) is 17.1 Å². The summed E-state index contributed by atoms with van der Waals surface area (Å²) in [6.07, 6.45) is 2.84. The molecule has 0 bridgehead atoms. The Morgan fingerprint density at radius 1 is 1.70 bits per heavy atom. The molecule has 0 saturated carbocycles. The Morgan fingerprint density at radius 2 is 2.50 bits per heavy atom. The second kappa shape index (κ2) is 3.37. The lowest BCUT2D eigenvalue weighted by Gasteiger charge is -1.91. The molecule has 1 aromatic heterocycles. The van der Waals surface area contributed by atoms with E-state index in [0.29, 0.717) is 6.61 Å². The van der Waals surface area contributed by atoms with Crippen molar-refractivity contribution in [2.45, 2.75) is 20.0 Å². The molecule has 1 heterocycles. The number of aryl methyl sites for hydroxylation is 1. The van der Waals surface area contributed by atoms with Crippen LogP contribution in [0.3, 0.4) is 0 Å². The van der Waals surface area contributed by atoms with Crippen LogP contribution in [-0.2, 0) is 17.8 Å². The molecule has 0 fully saturated rings. The maximum absolute atomic E-state index is 4.89. The van der Waals surface area contributed by atoms with E-state index < -0.39 is 0 Å². The van der Waals surface area contributed by atoms with Gasteiger partial charge in [0.2, 0.25) is 0 Å². The quantitative estimate of drug-likeness (QED) is 0.683. The van der Waals surface area contributed by atoms with Crippen LogP contribution in [0.1, 0.15) is 18.4 Å². The Hall–Kier alpha value is -0.830. The Morgan fingerprint density at radius 3 is 3.00 bits per heavy atom. The molecule has 0 aliphatic carbocycles. The summed E-state index contributed by atoms with van der Waals surface area (Å²) in [7, 11) is 1.66. The smallest absolute Gasteiger partial charge is 0.132 e. The monoisotopic (exact) mass is 140 g/mol. The summed E-state index contributed by atoms with van der Waals surface area (Å²) in [6.45, 7) is 2.66. The molecule has 10 heavy (non-hydrogen) atoms. The van der Waals surface area contributed by atoms with Gasteiger partial charge < -0.3 is 9.72 Å². The summed E-state index contributed by atoms with van der Waals surface area (Å²) in [5, 5.41) is 0. The van der Waals surface area contributed by atoms with Crippen molar-refractivity contribution in [3.63, 3.8) is 0 Å². The topological polar surface area (TPSA) is 37.9 Å². The second-order valence-electron chi connectivity index (χ2n) is 2.14. The molecule has 0 aliphatic heterocycles. The molecule has 3 nitrogen and oxygen atoms in total. The number of hydrogen-bond acceptors (Lipinski definition) is 2. The molecule has 0 atom stereocenters. The van der Waals surface area contributed by atoms with Gasteiger partial charge in [-0.05, 0) is 6.42 Å². The lowest BCUT2D eigenvalue weighted by Crippen LogP contribution is -1.89. The van der Waals surface area contributed by atoms with Gasteiger partial charge in [0.25, 0.3) is 0 Å². The number of aromatic amines is 1. The van der Waals surface area contributed by atoms with Crippen molar-refractivity contribution in [3.8, 4) is 0 Å². The number of methoxy groups -OCH3 is 1. The highest BCUT2D eigenvalue weighted by molar-refractivity contribution is 4.99. The maximum Gasteiger partial charge on any atom is 0.132 e. The molecule has 0 amide bonds. The summed E-state index contributed by atoms with van der Waals surface area (Å²) in [5.74, 6) is 0.902. The maximum atomic E-state index is 4.89. The highest BCUT2D eigenvalue weighted by Gasteiger charge is 1.95. The zero-order chi connectivity index (χ0) is 7.40. The van der Waals surface area contributed by atoms with E-state index in [1.165, 1.54) is 0 Å². The van der Waals surface area contributed by atoms with Crippen molar-refractivity contribution in [2.24, 2.45) is 0 Å². The number of nitrogens with one attached hydrogen (secondary N) is 1. The van der Waals surface area contributed by atoms with Gasteiger partial charge >= 0.3 is 0 Å². The van der Waals surface area contributed by atoms with Crippen molar-refractivity contribution in [3.05, 3.63) is 17.7 Å². The van der Waals surface area contributed by atoms with Gasteiger partial charge in [-0.3, -0.25) is 0 Å². The normalized spacial score (nSPS) is 10.2. The minimum absolute atomic E-state index is 0.569. The fourth-order valence-corrected chi connectivity index (χ4v) is 0.795. The average Bonchev–Trinajstić information content (AvgIpc) is 2.37. The second-order valence-corrected chi connectivity index (χ2v) is 2.14. The SMILES string of the molecule is CCc1cnc(COC)[nH]1. The zero-order valence-corrected chi connectivity index (χ0v) is 6.35. The largest absolute Gasteiger partial charge is 0.377 e. The number of H-pyrrole nitrogens is 1. The van der Waals surface area contributed by atoms with Crippen molar-refractivity contribution < 1.29 is 4.74 Å². The van der Waals surface area contributed by atoms with E-state index in [-0.39, 0.29) is 0 Å². The highest BCUT2D eigenvalue weighted by Crippen LogP contribution is 1.97. The van der Waals surface area contributed by atoms with Gasteiger partial charge in [-0.1, -0.05) is 6.92 Å². The third kappa shape index (κ3) is 1.57. The molecular formula is C7H12N2O. The third-order valence-electron chi connectivity index (χ3n) is 1.34. The minimum Gasteiger partial charge on any atom is -0.377 e. The van der Waals surface area contributed by atoms with Gasteiger partial charge in [0.05, 0.1) is 0 Å². The molecule has 1 aromatic rings. The van der Waals surface area contributed by atoms with E-state index in [4.69, 9.17) is 4.74 Å². The molecule has 0 unspecified atom stereocenters. The van der Waals surface area contributed by atoms with Crippen LogP contribution in [0.25, 0.3) is 0 Å². The zero-order valence-electron chi connectivity index (χ0n) is 6.35. The molecule has 0 aromatic carbocycles. The molecule has 56 valence electrons. The summed E-state index contributed by atoms with van der Waals surface area (Å²) >= 11 is 0. The summed E-state index contributed by atoms with van der Waals surface area (Å²) in [4.78, 5) is 7.22. The van der Waals surface area contributed by atoms with Crippen LogP contribution >= 0.6 is 0 Å². The summed E-state index contributed by atoms with van der Waals surface area (Å²) < 4.78 is 4.89. The van der Waals surface area contributed by atoms with E-state index in [9.17, 15) is 0 Å². The summed E-state index contributed by atoms with van der Waals surface area (Å²) in [5.41, 5.74) is 1.16. The fourth-order valence-electron chi connectivity index (χ4n) is 0.795. The molecular weight excluding hydrogens is 128 g/mol. The van der Waals surface area contributed by atoms with Crippen LogP contribution in [0, 0.1) is 0 Å². The lowest BCUT2D eigenvalue weighted by molar-refractivity contribution is 0.178. The van der Waals surface area contributed by atoms with E-state index in [1.54, 1.807) is 7.11 Å². The first-order chi connectivity index (χ1) is 4.86. The molecule has 1 N–H and O–H groups in total. The van der Waals surface area contributed by atoms with E-state index in [1.807, 2.05) is 6.20 Å². The Kier molecular flexibility index (Phi) is 2.45. The van der Waals surface area contributed by atoms with Crippen LogP contribution in [0.2, 0.25) is 0 Å². The predicted octanol–water partition coefficient (Wildman–Crippen LogP) is 1.12. The van der Waals surface area contributed by atoms with Crippen molar-refractivity contribution in [1.82, 2.24) is 9.97 Å². The first-order valence-corrected chi connectivity index (χ1v) is 3.38. The lowest BCUT2D eigenvalue weighted by atomic mass is 10.4. The molecule has 3 heteroatoms. The first-order valence-electron chi connectivity index (χ1n) is 3.38. The third-order valence-corrected chi connectivity index (χ3v) is 1.34. The van der Waals surface area contributed by atoms with Crippen molar-refractivity contribution in [2.75, 3.05) is 7.11 Å². The first kappa shape index (κ1) is 7.28. The van der Waals surface area contributed by atoms with Crippen LogP contribution in [0.15, 0.2) is 6.20 Å². The van der Waals surface area contributed by atoms with Crippen LogP contribution in [0.4, 0.5) is 0 Å². The predicted molar refractivity (Wildman–Crippen MR) is 38.7 cm³/mol. The minimum atomic E-state index is 0.569. The standard InChI is InChI=1S/C7H12N2O/c1-3-6-4-8-7(9-6)5-10-2/h4H,3,5H2,1-2H3,(H,8,9). The molecule has 0 saturated heterocycles. The van der Waals surface area contributed by atoms with E-state index in [0.717, 1.165) is 17.9 Å².